The number of piperidine rings is 1. The van der Waals surface area contributed by atoms with Crippen LogP contribution in [0, 0.1) is 0 Å². The highest BCUT2D eigenvalue weighted by Gasteiger charge is 2.19. The molecule has 172 valence electrons. The van der Waals surface area contributed by atoms with Crippen molar-refractivity contribution in [2.75, 3.05) is 24.5 Å². The summed E-state index contributed by atoms with van der Waals surface area (Å²) >= 11 is 0. The van der Waals surface area contributed by atoms with Gasteiger partial charge in [0.25, 0.3) is 0 Å². The molecule has 0 radical (unpaired) electrons. The van der Waals surface area contributed by atoms with Crippen LogP contribution < -0.4 is 15.5 Å². The first-order valence-electron chi connectivity index (χ1n) is 12.0. The molecule has 1 aliphatic heterocycles. The zero-order valence-electron chi connectivity index (χ0n) is 19.2. The maximum Gasteiger partial charge on any atom is 0.224 e. The second-order valence-corrected chi connectivity index (χ2v) is 8.79. The molecule has 2 N–H and O–H groups in total. The number of nitrogens with one attached hydrogen (secondary N) is 2. The van der Waals surface area contributed by atoms with Gasteiger partial charge in [0.1, 0.15) is 0 Å². The molecule has 0 atom stereocenters. The molecule has 1 aliphatic rings. The Morgan fingerprint density at radius 2 is 1.67 bits per heavy atom. The van der Waals surface area contributed by atoms with Gasteiger partial charge in [-0.05, 0) is 67.1 Å². The fraction of sp³-hybridized carbons (Fsp3) is 0.357. The average Bonchev–Trinajstić information content (AvgIpc) is 2.88. The van der Waals surface area contributed by atoms with Crippen LogP contribution in [0.4, 0.5) is 5.69 Å². The summed E-state index contributed by atoms with van der Waals surface area (Å²) in [4.78, 5) is 18.9. The summed E-state index contributed by atoms with van der Waals surface area (Å²) in [5.74, 6) is 0.0574. The molecular formula is C28H34N4O. The number of carbonyl (C=O) groups is 1. The highest BCUT2D eigenvalue weighted by Crippen LogP contribution is 2.21. The number of aryl methyl sites for hydroxylation is 1. The Hall–Kier alpha value is -3.18. The number of benzene rings is 2. The van der Waals surface area contributed by atoms with Crippen LogP contribution in [-0.2, 0) is 24.2 Å². The second-order valence-electron chi connectivity index (χ2n) is 8.79. The monoisotopic (exact) mass is 442 g/mol. The molecule has 0 saturated carbocycles. The summed E-state index contributed by atoms with van der Waals surface area (Å²) in [7, 11) is 0. The lowest BCUT2D eigenvalue weighted by atomic mass is 10.0. The van der Waals surface area contributed by atoms with Crippen molar-refractivity contribution >= 4 is 11.6 Å². The molecule has 5 nitrogen and oxygen atoms in total. The quantitative estimate of drug-likeness (QED) is 0.464. The average molecular weight is 443 g/mol. The summed E-state index contributed by atoms with van der Waals surface area (Å²) in [6.07, 6.45) is 8.75. The topological polar surface area (TPSA) is 57.3 Å². The van der Waals surface area contributed by atoms with Gasteiger partial charge in [-0.2, -0.15) is 0 Å². The molecule has 0 aliphatic carbocycles. The number of anilines is 1. The normalized spacial score (nSPS) is 14.2. The van der Waals surface area contributed by atoms with Crippen molar-refractivity contribution in [3.05, 3.63) is 95.8 Å². The van der Waals surface area contributed by atoms with Crippen LogP contribution in [0.2, 0.25) is 0 Å². The lowest BCUT2D eigenvalue weighted by Crippen LogP contribution is -2.42. The molecule has 0 spiro atoms. The van der Waals surface area contributed by atoms with Crippen LogP contribution in [0.1, 0.15) is 36.0 Å². The van der Waals surface area contributed by atoms with Crippen LogP contribution in [0.3, 0.4) is 0 Å². The van der Waals surface area contributed by atoms with Gasteiger partial charge in [0.2, 0.25) is 5.91 Å². The third kappa shape index (κ3) is 7.43. The van der Waals surface area contributed by atoms with E-state index in [-0.39, 0.29) is 5.91 Å². The molecule has 1 saturated heterocycles. The number of hydrogen-bond acceptors (Lipinski definition) is 4. The van der Waals surface area contributed by atoms with E-state index in [9.17, 15) is 4.79 Å². The fourth-order valence-electron chi connectivity index (χ4n) is 4.36. The van der Waals surface area contributed by atoms with Crippen molar-refractivity contribution in [3.8, 4) is 0 Å². The molecule has 4 rings (SSSR count). The van der Waals surface area contributed by atoms with Crippen molar-refractivity contribution in [2.24, 2.45) is 0 Å². The van der Waals surface area contributed by atoms with Crippen molar-refractivity contribution in [1.29, 1.82) is 0 Å². The molecule has 2 aromatic carbocycles. The van der Waals surface area contributed by atoms with Gasteiger partial charge in [0, 0.05) is 43.8 Å². The Labute approximate surface area is 197 Å². The smallest absolute Gasteiger partial charge is 0.224 e. The van der Waals surface area contributed by atoms with E-state index in [2.05, 4.69) is 50.8 Å². The van der Waals surface area contributed by atoms with Gasteiger partial charge in [-0.1, -0.05) is 48.5 Å². The van der Waals surface area contributed by atoms with E-state index in [1.807, 2.05) is 48.8 Å². The van der Waals surface area contributed by atoms with Crippen LogP contribution in [-0.4, -0.2) is 36.6 Å². The lowest BCUT2D eigenvalue weighted by Gasteiger charge is -2.34. The summed E-state index contributed by atoms with van der Waals surface area (Å²) in [5, 5.41) is 6.73. The minimum absolute atomic E-state index is 0.0574. The Balaban J connectivity index is 1.14. The van der Waals surface area contributed by atoms with Crippen LogP contribution >= 0.6 is 0 Å². The third-order valence-electron chi connectivity index (χ3n) is 6.29. The number of aromatic nitrogens is 1. The minimum atomic E-state index is 0.0574. The Morgan fingerprint density at radius 3 is 2.39 bits per heavy atom. The van der Waals surface area contributed by atoms with Crippen LogP contribution in [0.15, 0.2) is 79.1 Å². The number of amides is 1. The predicted molar refractivity (Wildman–Crippen MR) is 134 cm³/mol. The van der Waals surface area contributed by atoms with Gasteiger partial charge in [-0.25, -0.2) is 0 Å². The van der Waals surface area contributed by atoms with Crippen LogP contribution in [0.5, 0.6) is 0 Å². The number of hydrogen-bond donors (Lipinski definition) is 2. The van der Waals surface area contributed by atoms with E-state index in [1.54, 1.807) is 0 Å². The minimum Gasteiger partial charge on any atom is -0.371 e. The van der Waals surface area contributed by atoms with Gasteiger partial charge < -0.3 is 15.5 Å². The van der Waals surface area contributed by atoms with E-state index in [4.69, 9.17) is 0 Å². The molecule has 0 bridgehead atoms. The molecule has 5 heteroatoms. The molecule has 3 aromatic rings. The van der Waals surface area contributed by atoms with E-state index >= 15 is 0 Å². The van der Waals surface area contributed by atoms with Gasteiger partial charge in [-0.15, -0.1) is 0 Å². The number of pyridine rings is 1. The molecule has 1 aromatic heterocycles. The first-order valence-corrected chi connectivity index (χ1v) is 12.0. The molecule has 0 unspecified atom stereocenters. The van der Waals surface area contributed by atoms with Crippen molar-refractivity contribution in [1.82, 2.24) is 15.6 Å². The molecule has 1 amide bonds. The van der Waals surface area contributed by atoms with E-state index in [1.165, 1.54) is 11.3 Å². The maximum absolute atomic E-state index is 12.3. The zero-order chi connectivity index (χ0) is 22.7. The van der Waals surface area contributed by atoms with Gasteiger partial charge >= 0.3 is 0 Å². The Kier molecular flexibility index (Phi) is 8.48. The fourth-order valence-corrected chi connectivity index (χ4v) is 4.36. The second kappa shape index (κ2) is 12.2. The van der Waals surface area contributed by atoms with Crippen LogP contribution in [0.25, 0.3) is 0 Å². The number of carbonyl (C=O) groups excluding carboxylic acids is 1. The molecule has 1 fully saturated rings. The third-order valence-corrected chi connectivity index (χ3v) is 6.29. The number of nitrogens with zero attached hydrogens (tertiary/aromatic N) is 2. The Morgan fingerprint density at radius 1 is 0.909 bits per heavy atom. The summed E-state index contributed by atoms with van der Waals surface area (Å²) in [5.41, 5.74) is 4.73. The Bertz CT molecular complexity index is 968. The first-order chi connectivity index (χ1) is 16.3. The zero-order valence-corrected chi connectivity index (χ0v) is 19.2. The first kappa shape index (κ1) is 23.0. The molecular weight excluding hydrogens is 408 g/mol. The highest BCUT2D eigenvalue weighted by molar-refractivity contribution is 5.78. The molecule has 2 heterocycles. The largest absolute Gasteiger partial charge is 0.371 e. The van der Waals surface area contributed by atoms with Gasteiger partial charge in [0.15, 0.2) is 0 Å². The summed E-state index contributed by atoms with van der Waals surface area (Å²) < 4.78 is 0. The SMILES string of the molecule is O=C(Cc1ccc(N2CCC(NCCCc3cccnc3)CC2)cc1)NCc1ccccc1. The van der Waals surface area contributed by atoms with Gasteiger partial charge in [-0.3, -0.25) is 9.78 Å². The predicted octanol–water partition coefficient (Wildman–Crippen LogP) is 4.13. The lowest BCUT2D eigenvalue weighted by molar-refractivity contribution is -0.120. The van der Waals surface area contributed by atoms with Crippen molar-refractivity contribution < 1.29 is 4.79 Å². The van der Waals surface area contributed by atoms with E-state index in [0.717, 1.165) is 56.4 Å². The number of rotatable bonds is 10. The van der Waals surface area contributed by atoms with E-state index in [0.29, 0.717) is 19.0 Å². The summed E-state index contributed by atoms with van der Waals surface area (Å²) in [6, 6.07) is 23.2. The summed E-state index contributed by atoms with van der Waals surface area (Å²) in [6.45, 7) is 3.76. The molecule has 33 heavy (non-hydrogen) atoms. The van der Waals surface area contributed by atoms with E-state index < -0.39 is 0 Å². The maximum atomic E-state index is 12.3. The van der Waals surface area contributed by atoms with Gasteiger partial charge in [0.05, 0.1) is 6.42 Å². The standard InChI is InChI=1S/C28H34N4O/c33-28(31-22-25-6-2-1-3-7-25)20-23-10-12-27(13-11-23)32-18-14-26(15-19-32)30-17-5-9-24-8-4-16-29-21-24/h1-4,6-8,10-13,16,21,26,30H,5,9,14-15,17-20,22H2,(H,31,33). The van der Waals surface area contributed by atoms with Crippen molar-refractivity contribution in [3.63, 3.8) is 0 Å². The van der Waals surface area contributed by atoms with Crippen molar-refractivity contribution in [2.45, 2.75) is 44.7 Å². The highest BCUT2D eigenvalue weighted by atomic mass is 16.1.